The van der Waals surface area contributed by atoms with Crippen LogP contribution in [0.2, 0.25) is 0 Å². The van der Waals surface area contributed by atoms with Crippen molar-refractivity contribution in [2.24, 2.45) is 0 Å². The highest BCUT2D eigenvalue weighted by molar-refractivity contribution is 7.21. The molecule has 30 heavy (non-hydrogen) atoms. The Bertz CT molecular complexity index is 1130. The van der Waals surface area contributed by atoms with E-state index in [9.17, 15) is 9.18 Å². The maximum absolute atomic E-state index is 13.8. The Morgan fingerprint density at radius 1 is 1.40 bits per heavy atom. The predicted octanol–water partition coefficient (Wildman–Crippen LogP) is 3.85. The van der Waals surface area contributed by atoms with Crippen LogP contribution in [0, 0.1) is 5.82 Å². The minimum atomic E-state index is -0.419. The zero-order valence-electron chi connectivity index (χ0n) is 17.2. The first kappa shape index (κ1) is 20.6. The monoisotopic (exact) mass is 429 g/mol. The van der Waals surface area contributed by atoms with E-state index in [-0.39, 0.29) is 17.3 Å². The average molecular weight is 430 g/mol. The van der Waals surface area contributed by atoms with E-state index in [1.54, 1.807) is 12.1 Å². The molecule has 0 aliphatic carbocycles. The average Bonchev–Trinajstić information content (AvgIpc) is 3.01. The van der Waals surface area contributed by atoms with Crippen molar-refractivity contribution in [1.82, 2.24) is 10.3 Å². The number of nitrogens with one attached hydrogen (secondary N) is 1. The molecular weight excluding hydrogens is 405 g/mol. The zero-order chi connectivity index (χ0) is 21.5. The summed E-state index contributed by atoms with van der Waals surface area (Å²) in [5.41, 5.74) is 9.23. The number of hydrogen-bond acceptors (Lipinski definition) is 6. The predicted molar refractivity (Wildman–Crippen MR) is 116 cm³/mol. The maximum atomic E-state index is 13.8. The van der Waals surface area contributed by atoms with Gasteiger partial charge in [-0.1, -0.05) is 6.07 Å². The Hall–Kier alpha value is -2.71. The number of nitrogens with two attached hydrogens (primary N) is 1. The fourth-order valence-corrected chi connectivity index (χ4v) is 4.57. The lowest BCUT2D eigenvalue weighted by atomic mass is 9.95. The van der Waals surface area contributed by atoms with Crippen LogP contribution in [0.25, 0.3) is 10.2 Å². The van der Waals surface area contributed by atoms with Crippen LogP contribution >= 0.6 is 11.3 Å². The van der Waals surface area contributed by atoms with Gasteiger partial charge in [-0.3, -0.25) is 4.79 Å². The normalized spacial score (nSPS) is 15.1. The third kappa shape index (κ3) is 3.97. The second-order valence-electron chi connectivity index (χ2n) is 7.99. The molecule has 1 amide bonds. The van der Waals surface area contributed by atoms with Gasteiger partial charge >= 0.3 is 0 Å². The number of nitrogens with zero attached hydrogens (tertiary/aromatic N) is 1. The molecule has 6 nitrogen and oxygen atoms in total. The lowest BCUT2D eigenvalue weighted by Crippen LogP contribution is -2.32. The lowest BCUT2D eigenvalue weighted by Gasteiger charge is -2.30. The molecule has 3 N–H and O–H groups in total. The topological polar surface area (TPSA) is 86.5 Å². The number of methoxy groups -OCH3 is 1. The Morgan fingerprint density at radius 3 is 2.93 bits per heavy atom. The molecule has 1 aromatic carbocycles. The summed E-state index contributed by atoms with van der Waals surface area (Å²) in [5.74, 6) is -0.471. The van der Waals surface area contributed by atoms with Gasteiger partial charge in [-0.05, 0) is 44.0 Å². The van der Waals surface area contributed by atoms with Crippen LogP contribution in [0.4, 0.5) is 10.1 Å². The molecule has 0 unspecified atom stereocenters. The molecule has 1 aliphatic heterocycles. The molecule has 3 aromatic rings. The molecule has 0 bridgehead atoms. The van der Waals surface area contributed by atoms with Gasteiger partial charge in [-0.15, -0.1) is 11.3 Å². The van der Waals surface area contributed by atoms with E-state index >= 15 is 0 Å². The van der Waals surface area contributed by atoms with Gasteiger partial charge in [0.15, 0.2) is 11.6 Å². The number of carbonyl (C=O) groups is 1. The number of fused-ring (bicyclic) bond motifs is 2. The molecule has 0 saturated heterocycles. The van der Waals surface area contributed by atoms with Gasteiger partial charge in [0.25, 0.3) is 5.91 Å². The van der Waals surface area contributed by atoms with Crippen molar-refractivity contribution in [3.05, 3.63) is 51.8 Å². The second kappa shape index (κ2) is 7.85. The highest BCUT2D eigenvalue weighted by Gasteiger charge is 2.28. The summed E-state index contributed by atoms with van der Waals surface area (Å²) in [6.07, 6.45) is 1.21. The molecule has 158 valence electrons. The van der Waals surface area contributed by atoms with Gasteiger partial charge in [0, 0.05) is 23.9 Å². The smallest absolute Gasteiger partial charge is 0.263 e. The maximum Gasteiger partial charge on any atom is 0.263 e. The van der Waals surface area contributed by atoms with Crippen LogP contribution in [0.15, 0.2) is 24.3 Å². The van der Waals surface area contributed by atoms with Crippen molar-refractivity contribution in [2.75, 3.05) is 19.4 Å². The first-order valence-electron chi connectivity index (χ1n) is 9.73. The van der Waals surface area contributed by atoms with Gasteiger partial charge in [-0.2, -0.15) is 0 Å². The molecule has 3 heterocycles. The number of rotatable bonds is 5. The van der Waals surface area contributed by atoms with Crippen LogP contribution in [-0.4, -0.2) is 30.1 Å². The molecule has 0 radical (unpaired) electrons. The van der Waals surface area contributed by atoms with E-state index in [1.165, 1.54) is 24.5 Å². The lowest BCUT2D eigenvalue weighted by molar-refractivity contribution is -0.0411. The van der Waals surface area contributed by atoms with Gasteiger partial charge in [0.2, 0.25) is 0 Å². The zero-order valence-corrected chi connectivity index (χ0v) is 18.0. The van der Waals surface area contributed by atoms with Gasteiger partial charge in [-0.25, -0.2) is 9.37 Å². The number of anilines is 1. The third-order valence-corrected chi connectivity index (χ3v) is 6.34. The summed E-state index contributed by atoms with van der Waals surface area (Å²) in [6.45, 7) is 4.93. The number of pyridine rings is 1. The first-order chi connectivity index (χ1) is 14.3. The van der Waals surface area contributed by atoms with Gasteiger partial charge in [0.05, 0.1) is 30.7 Å². The summed E-state index contributed by atoms with van der Waals surface area (Å²) in [6, 6.07) is 6.75. The fourth-order valence-electron chi connectivity index (χ4n) is 3.56. The van der Waals surface area contributed by atoms with Crippen molar-refractivity contribution in [3.8, 4) is 5.75 Å². The van der Waals surface area contributed by atoms with Crippen LogP contribution in [0.1, 0.15) is 40.3 Å². The van der Waals surface area contributed by atoms with Crippen molar-refractivity contribution in [2.45, 2.75) is 38.9 Å². The number of nitrogen functional groups attached to an aromatic ring is 1. The van der Waals surface area contributed by atoms with E-state index in [2.05, 4.69) is 5.32 Å². The van der Waals surface area contributed by atoms with E-state index < -0.39 is 5.82 Å². The Kier molecular flexibility index (Phi) is 5.38. The largest absolute Gasteiger partial charge is 0.494 e. The van der Waals surface area contributed by atoms with Gasteiger partial charge < -0.3 is 20.5 Å². The van der Waals surface area contributed by atoms with Crippen molar-refractivity contribution in [1.29, 1.82) is 0 Å². The molecule has 0 saturated carbocycles. The van der Waals surface area contributed by atoms with Crippen molar-refractivity contribution in [3.63, 3.8) is 0 Å². The number of amides is 1. The minimum Gasteiger partial charge on any atom is -0.494 e. The Labute approximate surface area is 178 Å². The molecule has 8 heteroatoms. The Morgan fingerprint density at radius 2 is 2.20 bits per heavy atom. The third-order valence-electron chi connectivity index (χ3n) is 5.22. The quantitative estimate of drug-likeness (QED) is 0.643. The minimum absolute atomic E-state index is 0.199. The van der Waals surface area contributed by atoms with E-state index in [1.807, 2.05) is 19.9 Å². The second-order valence-corrected chi connectivity index (χ2v) is 8.99. The van der Waals surface area contributed by atoms with E-state index in [0.717, 1.165) is 33.5 Å². The molecular formula is C22H24FN3O3S. The number of aromatic nitrogens is 1. The number of thiophene rings is 1. The number of carbonyl (C=O) groups excluding carboxylic acids is 1. The summed E-state index contributed by atoms with van der Waals surface area (Å²) in [7, 11) is 1.42. The van der Waals surface area contributed by atoms with E-state index in [4.69, 9.17) is 20.2 Å². The van der Waals surface area contributed by atoms with E-state index in [0.29, 0.717) is 30.1 Å². The molecule has 0 atom stereocenters. The first-order valence-corrected chi connectivity index (χ1v) is 10.5. The molecule has 1 aliphatic rings. The summed E-state index contributed by atoms with van der Waals surface area (Å²) >= 11 is 1.29. The number of ether oxygens (including phenoxy) is 2. The molecule has 0 fully saturated rings. The van der Waals surface area contributed by atoms with Crippen LogP contribution in [0.3, 0.4) is 0 Å². The molecule has 4 rings (SSSR count). The number of benzene rings is 1. The standard InChI is InChI=1S/C22H24FN3O3S/c1-22(2)10-16-13(11-29-22)9-14-18(24)19(30-21(14)26-16)20(27)25-7-6-12-4-5-17(28-3)15(23)8-12/h4-5,8-9H,6-7,10-11,24H2,1-3H3,(H,25,27). The summed E-state index contributed by atoms with van der Waals surface area (Å²) < 4.78 is 24.6. The van der Waals surface area contributed by atoms with Crippen molar-refractivity contribution >= 4 is 33.1 Å². The number of halogens is 1. The highest BCUT2D eigenvalue weighted by atomic mass is 32.1. The summed E-state index contributed by atoms with van der Waals surface area (Å²) in [4.78, 5) is 18.6. The Balaban J connectivity index is 1.48. The summed E-state index contributed by atoms with van der Waals surface area (Å²) in [5, 5.41) is 3.65. The molecule has 0 spiro atoms. The van der Waals surface area contributed by atoms with Crippen LogP contribution in [0.5, 0.6) is 5.75 Å². The van der Waals surface area contributed by atoms with Crippen LogP contribution in [-0.2, 0) is 24.2 Å². The van der Waals surface area contributed by atoms with Crippen LogP contribution < -0.4 is 15.8 Å². The SMILES string of the molecule is COc1ccc(CCNC(=O)c2sc3nc4c(cc3c2N)COC(C)(C)C4)cc1F. The van der Waals surface area contributed by atoms with Crippen molar-refractivity contribution < 1.29 is 18.7 Å². The molecule has 2 aromatic heterocycles. The number of hydrogen-bond donors (Lipinski definition) is 2. The highest BCUT2D eigenvalue weighted by Crippen LogP contribution is 2.36. The fraction of sp³-hybridized carbons (Fsp3) is 0.364. The van der Waals surface area contributed by atoms with Gasteiger partial charge in [0.1, 0.15) is 9.71 Å².